The minimum atomic E-state index is -2.20. The van der Waals surface area contributed by atoms with Crippen molar-refractivity contribution in [1.82, 2.24) is 0 Å². The molecule has 0 saturated carbocycles. The smallest absolute Gasteiger partial charge is 0.317 e. The van der Waals surface area contributed by atoms with E-state index in [2.05, 4.69) is 6.92 Å². The average molecular weight is 409 g/mol. The lowest BCUT2D eigenvalue weighted by atomic mass is 10.3. The highest BCUT2D eigenvalue weighted by Crippen LogP contribution is 2.69. The molecular weight excluding hydrogens is 380 g/mol. The Morgan fingerprint density at radius 1 is 0.724 bits per heavy atom. The Bertz CT molecular complexity index is 853. The molecule has 152 valence electrons. The molecule has 0 fully saturated rings. The number of rotatable bonds is 9. The van der Waals surface area contributed by atoms with Crippen LogP contribution in [0.15, 0.2) is 99.6 Å². The van der Waals surface area contributed by atoms with Gasteiger partial charge in [-0.05, 0) is 71.7 Å². The highest BCUT2D eigenvalue weighted by molar-refractivity contribution is 8.30. The van der Waals surface area contributed by atoms with Crippen LogP contribution in [-0.4, -0.2) is 12.6 Å². The largest absolute Gasteiger partial charge is 0.494 e. The molecule has 0 N–H and O–H groups in total. The van der Waals surface area contributed by atoms with Crippen molar-refractivity contribution in [3.8, 4) is 5.75 Å². The number of hydrogen-bond acceptors (Lipinski definition) is 3. The maximum atomic E-state index is 12.8. The molecular formula is C25H28O3S. The molecule has 0 aliphatic heterocycles. The van der Waals surface area contributed by atoms with Crippen molar-refractivity contribution < 1.29 is 13.7 Å². The first kappa shape index (κ1) is 21.0. The van der Waals surface area contributed by atoms with E-state index < -0.39 is 10.3 Å². The summed E-state index contributed by atoms with van der Waals surface area (Å²) < 4.78 is 12.1. The van der Waals surface area contributed by atoms with E-state index in [-0.39, 0.29) is 5.97 Å². The summed E-state index contributed by atoms with van der Waals surface area (Å²) in [5, 5.41) is 0. The quantitative estimate of drug-likeness (QED) is 0.382. The topological polar surface area (TPSA) is 35.5 Å². The van der Waals surface area contributed by atoms with Crippen molar-refractivity contribution in [1.29, 1.82) is 0 Å². The predicted octanol–water partition coefficient (Wildman–Crippen LogP) is 7.02. The third-order valence-electron chi connectivity index (χ3n) is 4.45. The van der Waals surface area contributed by atoms with Gasteiger partial charge in [-0.15, -0.1) is 0 Å². The minimum absolute atomic E-state index is 0.179. The Hall–Kier alpha value is -2.72. The molecule has 0 spiro atoms. The van der Waals surface area contributed by atoms with Gasteiger partial charge in [0.1, 0.15) is 5.75 Å². The van der Waals surface area contributed by atoms with Crippen LogP contribution in [0.5, 0.6) is 5.75 Å². The van der Waals surface area contributed by atoms with E-state index in [0.717, 1.165) is 33.3 Å². The molecule has 3 nitrogen and oxygen atoms in total. The standard InChI is InChI=1S/C25H28O3S/c1-3-11-25(26)28-29(22-12-7-5-8-13-22,23-14-9-6-10-15-23)24-18-16-21(17-19-24)27-20-4-2/h5-10,12-19H,3-4,11,20H2,1-2H3. The molecule has 0 saturated heterocycles. The fourth-order valence-electron chi connectivity index (χ4n) is 3.11. The van der Waals surface area contributed by atoms with E-state index in [0.29, 0.717) is 13.0 Å². The molecule has 0 bridgehead atoms. The van der Waals surface area contributed by atoms with Gasteiger partial charge in [0.2, 0.25) is 0 Å². The molecule has 4 heteroatoms. The van der Waals surface area contributed by atoms with Crippen molar-refractivity contribution in [2.24, 2.45) is 0 Å². The molecule has 0 radical (unpaired) electrons. The molecule has 3 aromatic rings. The van der Waals surface area contributed by atoms with Gasteiger partial charge < -0.3 is 8.92 Å². The van der Waals surface area contributed by atoms with Gasteiger partial charge in [0.25, 0.3) is 0 Å². The van der Waals surface area contributed by atoms with Crippen molar-refractivity contribution in [3.05, 3.63) is 84.9 Å². The Labute approximate surface area is 175 Å². The molecule has 0 aromatic heterocycles. The van der Waals surface area contributed by atoms with E-state index in [9.17, 15) is 4.79 Å². The molecule has 3 aromatic carbocycles. The molecule has 0 amide bonds. The van der Waals surface area contributed by atoms with Crippen LogP contribution in [0, 0.1) is 0 Å². The molecule has 0 aliphatic rings. The molecule has 0 aliphatic carbocycles. The fraction of sp³-hybridized carbons (Fsp3) is 0.240. The van der Waals surface area contributed by atoms with Gasteiger partial charge >= 0.3 is 5.97 Å². The lowest BCUT2D eigenvalue weighted by Gasteiger charge is -2.39. The zero-order valence-electron chi connectivity index (χ0n) is 17.0. The van der Waals surface area contributed by atoms with Crippen LogP contribution in [-0.2, 0) is 8.98 Å². The first-order chi connectivity index (χ1) is 14.2. The number of benzene rings is 3. The van der Waals surface area contributed by atoms with Gasteiger partial charge in [-0.1, -0.05) is 50.2 Å². The highest BCUT2D eigenvalue weighted by atomic mass is 32.3. The number of carbonyl (C=O) groups excluding carboxylic acids is 1. The maximum Gasteiger partial charge on any atom is 0.317 e. The van der Waals surface area contributed by atoms with Gasteiger partial charge in [-0.25, -0.2) is 0 Å². The first-order valence-corrected chi connectivity index (χ1v) is 11.6. The summed E-state index contributed by atoms with van der Waals surface area (Å²) in [4.78, 5) is 15.7. The zero-order valence-corrected chi connectivity index (χ0v) is 17.9. The number of ether oxygens (including phenoxy) is 1. The van der Waals surface area contributed by atoms with Gasteiger partial charge in [0.15, 0.2) is 0 Å². The molecule has 29 heavy (non-hydrogen) atoms. The monoisotopic (exact) mass is 408 g/mol. The van der Waals surface area contributed by atoms with Gasteiger partial charge in [-0.2, -0.15) is 0 Å². The summed E-state index contributed by atoms with van der Waals surface area (Å²) in [5.74, 6) is 0.645. The van der Waals surface area contributed by atoms with Gasteiger partial charge in [-0.3, -0.25) is 4.79 Å². The van der Waals surface area contributed by atoms with Crippen LogP contribution < -0.4 is 4.74 Å². The Kier molecular flexibility index (Phi) is 7.36. The van der Waals surface area contributed by atoms with E-state index in [1.807, 2.05) is 91.9 Å². The van der Waals surface area contributed by atoms with Crippen molar-refractivity contribution in [3.63, 3.8) is 0 Å². The summed E-state index contributed by atoms with van der Waals surface area (Å²) >= 11 is 0. The van der Waals surface area contributed by atoms with Crippen molar-refractivity contribution >= 4 is 16.3 Å². The summed E-state index contributed by atoms with van der Waals surface area (Å²) in [5.41, 5.74) is 0. The maximum absolute atomic E-state index is 12.8. The lowest BCUT2D eigenvalue weighted by Crippen LogP contribution is -2.13. The number of carbonyl (C=O) groups is 1. The van der Waals surface area contributed by atoms with Crippen LogP contribution in [0.4, 0.5) is 0 Å². The third kappa shape index (κ3) is 4.83. The van der Waals surface area contributed by atoms with Crippen LogP contribution in [0.25, 0.3) is 0 Å². The van der Waals surface area contributed by atoms with Crippen LogP contribution in [0.2, 0.25) is 0 Å². The lowest BCUT2D eigenvalue weighted by molar-refractivity contribution is -0.133. The van der Waals surface area contributed by atoms with Crippen LogP contribution >= 0.6 is 10.3 Å². The second-order valence-corrected chi connectivity index (χ2v) is 9.40. The van der Waals surface area contributed by atoms with Gasteiger partial charge in [0, 0.05) is 21.1 Å². The fourth-order valence-corrected chi connectivity index (χ4v) is 6.18. The summed E-state index contributed by atoms with van der Waals surface area (Å²) in [6, 6.07) is 28.1. The zero-order chi connectivity index (χ0) is 20.5. The molecule has 0 atom stereocenters. The molecule has 3 rings (SSSR count). The van der Waals surface area contributed by atoms with E-state index in [1.54, 1.807) is 0 Å². The van der Waals surface area contributed by atoms with Crippen molar-refractivity contribution in [2.75, 3.05) is 6.61 Å². The second kappa shape index (κ2) is 10.2. The Morgan fingerprint density at radius 3 is 1.72 bits per heavy atom. The second-order valence-electron chi connectivity index (χ2n) is 6.71. The SMILES string of the molecule is CCCOc1ccc(S(OC(=O)CCC)(c2ccccc2)c2ccccc2)cc1. The normalized spacial score (nSPS) is 11.7. The average Bonchev–Trinajstić information content (AvgIpc) is 2.78. The summed E-state index contributed by atoms with van der Waals surface area (Å²) in [6.45, 7) is 4.75. The molecule has 0 heterocycles. The summed E-state index contributed by atoms with van der Waals surface area (Å²) in [6.07, 6.45) is 2.10. The van der Waals surface area contributed by atoms with E-state index in [1.165, 1.54) is 0 Å². The molecule has 0 unspecified atom stereocenters. The first-order valence-electron chi connectivity index (χ1n) is 10.1. The van der Waals surface area contributed by atoms with E-state index >= 15 is 0 Å². The third-order valence-corrected chi connectivity index (χ3v) is 7.69. The Morgan fingerprint density at radius 2 is 1.24 bits per heavy atom. The number of hydrogen-bond donors (Lipinski definition) is 0. The Balaban J connectivity index is 2.17. The summed E-state index contributed by atoms with van der Waals surface area (Å²) in [7, 11) is -2.20. The van der Waals surface area contributed by atoms with Crippen molar-refractivity contribution in [2.45, 2.75) is 47.8 Å². The van der Waals surface area contributed by atoms with Gasteiger partial charge in [0.05, 0.1) is 6.61 Å². The van der Waals surface area contributed by atoms with Crippen LogP contribution in [0.1, 0.15) is 33.1 Å². The van der Waals surface area contributed by atoms with Crippen LogP contribution in [0.3, 0.4) is 0 Å². The highest BCUT2D eigenvalue weighted by Gasteiger charge is 2.35. The predicted molar refractivity (Wildman–Crippen MR) is 119 cm³/mol. The minimum Gasteiger partial charge on any atom is -0.494 e. The van der Waals surface area contributed by atoms with E-state index in [4.69, 9.17) is 8.92 Å².